The lowest BCUT2D eigenvalue weighted by Gasteiger charge is -2.27. The van der Waals surface area contributed by atoms with Crippen LogP contribution >= 0.6 is 0 Å². The van der Waals surface area contributed by atoms with Crippen LogP contribution in [0.5, 0.6) is 0 Å². The molecule has 0 aliphatic carbocycles. The number of aryl methyl sites for hydroxylation is 1. The average Bonchev–Trinajstić information content (AvgIpc) is 2.39. The lowest BCUT2D eigenvalue weighted by Crippen LogP contribution is -2.39. The molecule has 1 rings (SSSR count). The largest absolute Gasteiger partial charge is 0.405 e. The van der Waals surface area contributed by atoms with Crippen molar-refractivity contribution in [2.45, 2.75) is 26.1 Å². The normalized spacial score (nSPS) is 12.2. The third-order valence-corrected chi connectivity index (χ3v) is 2.08. The average molecular weight is 236 g/mol. The van der Waals surface area contributed by atoms with E-state index in [1.54, 1.807) is 20.9 Å². The van der Waals surface area contributed by atoms with E-state index in [9.17, 15) is 13.2 Å². The van der Waals surface area contributed by atoms with Gasteiger partial charge in [-0.3, -0.25) is 4.68 Å². The number of nitrogen functional groups attached to an aromatic ring is 1. The fourth-order valence-corrected chi connectivity index (χ4v) is 1.41. The highest BCUT2D eigenvalue weighted by atomic mass is 19.4. The summed E-state index contributed by atoms with van der Waals surface area (Å²) in [5, 5.41) is 3.93. The molecule has 4 nitrogen and oxygen atoms in total. The van der Waals surface area contributed by atoms with E-state index in [4.69, 9.17) is 5.73 Å². The van der Waals surface area contributed by atoms with Gasteiger partial charge in [-0.2, -0.15) is 18.3 Å². The van der Waals surface area contributed by atoms with Crippen LogP contribution in [0.25, 0.3) is 0 Å². The molecular formula is C9H15F3N4. The Morgan fingerprint density at radius 3 is 2.38 bits per heavy atom. The number of anilines is 2. The molecule has 0 radical (unpaired) electrons. The summed E-state index contributed by atoms with van der Waals surface area (Å²) in [6, 6.07) is -0.321. The molecule has 0 unspecified atom stereocenters. The second-order valence-electron chi connectivity index (χ2n) is 3.92. The second kappa shape index (κ2) is 4.23. The molecule has 0 aliphatic rings. The molecule has 1 aromatic heterocycles. The maximum atomic E-state index is 12.4. The van der Waals surface area contributed by atoms with E-state index in [0.29, 0.717) is 0 Å². The number of alkyl halides is 3. The van der Waals surface area contributed by atoms with Crippen LogP contribution in [0.4, 0.5) is 24.7 Å². The minimum atomic E-state index is -4.27. The van der Waals surface area contributed by atoms with Gasteiger partial charge < -0.3 is 10.6 Å². The molecule has 0 fully saturated rings. The summed E-state index contributed by atoms with van der Waals surface area (Å²) in [7, 11) is 1.62. The SMILES string of the molecule is CC(C)N(CC(F)(F)F)c1nn(C)cc1N. The molecule has 0 saturated heterocycles. The third kappa shape index (κ3) is 3.04. The molecule has 0 saturated carbocycles. The topological polar surface area (TPSA) is 47.1 Å². The number of nitrogens with two attached hydrogens (primary N) is 1. The Morgan fingerprint density at radius 2 is 2.06 bits per heavy atom. The first-order valence-corrected chi connectivity index (χ1v) is 4.83. The van der Waals surface area contributed by atoms with Crippen molar-refractivity contribution in [3.63, 3.8) is 0 Å². The minimum Gasteiger partial charge on any atom is -0.394 e. The van der Waals surface area contributed by atoms with E-state index in [-0.39, 0.29) is 17.5 Å². The molecule has 0 amide bonds. The second-order valence-corrected chi connectivity index (χ2v) is 3.92. The Hall–Kier alpha value is -1.40. The fraction of sp³-hybridized carbons (Fsp3) is 0.667. The van der Waals surface area contributed by atoms with Crippen LogP contribution in [0.15, 0.2) is 6.20 Å². The van der Waals surface area contributed by atoms with Gasteiger partial charge in [0.15, 0.2) is 5.82 Å². The van der Waals surface area contributed by atoms with Crippen LogP contribution in [-0.2, 0) is 7.05 Å². The zero-order valence-corrected chi connectivity index (χ0v) is 9.41. The van der Waals surface area contributed by atoms with E-state index < -0.39 is 12.7 Å². The van der Waals surface area contributed by atoms with Crippen molar-refractivity contribution < 1.29 is 13.2 Å². The summed E-state index contributed by atoms with van der Waals surface area (Å²) in [6.07, 6.45) is -2.78. The van der Waals surface area contributed by atoms with Gasteiger partial charge in [-0.1, -0.05) is 0 Å². The van der Waals surface area contributed by atoms with Crippen LogP contribution in [0.2, 0.25) is 0 Å². The number of rotatable bonds is 3. The smallest absolute Gasteiger partial charge is 0.394 e. The standard InChI is InChI=1S/C9H15F3N4/c1-6(2)16(5-9(10,11)12)8-7(13)4-15(3)14-8/h4,6H,5,13H2,1-3H3. The van der Waals surface area contributed by atoms with Crippen LogP contribution < -0.4 is 10.6 Å². The van der Waals surface area contributed by atoms with Gasteiger partial charge in [-0.05, 0) is 13.8 Å². The monoisotopic (exact) mass is 236 g/mol. The number of hydrogen-bond acceptors (Lipinski definition) is 3. The zero-order chi connectivity index (χ0) is 12.5. The third-order valence-electron chi connectivity index (χ3n) is 2.08. The van der Waals surface area contributed by atoms with Crippen molar-refractivity contribution in [1.29, 1.82) is 0 Å². The molecule has 92 valence electrons. The van der Waals surface area contributed by atoms with Crippen molar-refractivity contribution in [3.05, 3.63) is 6.20 Å². The van der Waals surface area contributed by atoms with Gasteiger partial charge in [0.05, 0.1) is 5.69 Å². The van der Waals surface area contributed by atoms with Crippen molar-refractivity contribution in [2.75, 3.05) is 17.2 Å². The van der Waals surface area contributed by atoms with Crippen molar-refractivity contribution in [2.24, 2.45) is 7.05 Å². The predicted molar refractivity (Wildman–Crippen MR) is 56.2 cm³/mol. The van der Waals surface area contributed by atoms with Gasteiger partial charge in [-0.25, -0.2) is 0 Å². The highest BCUT2D eigenvalue weighted by Gasteiger charge is 2.33. The van der Waals surface area contributed by atoms with E-state index >= 15 is 0 Å². The van der Waals surface area contributed by atoms with E-state index in [2.05, 4.69) is 5.10 Å². The number of halogens is 3. The van der Waals surface area contributed by atoms with Gasteiger partial charge in [0, 0.05) is 19.3 Å². The molecule has 2 N–H and O–H groups in total. The number of aromatic nitrogens is 2. The number of hydrogen-bond donors (Lipinski definition) is 1. The summed E-state index contributed by atoms with van der Waals surface area (Å²) in [4.78, 5) is 1.13. The van der Waals surface area contributed by atoms with Crippen LogP contribution in [-0.4, -0.2) is 28.5 Å². The van der Waals surface area contributed by atoms with Gasteiger partial charge >= 0.3 is 6.18 Å². The summed E-state index contributed by atoms with van der Waals surface area (Å²) in [6.45, 7) is 2.28. The predicted octanol–water partition coefficient (Wildman–Crippen LogP) is 1.78. The molecule has 16 heavy (non-hydrogen) atoms. The molecule has 0 bridgehead atoms. The van der Waals surface area contributed by atoms with E-state index in [1.165, 1.54) is 10.9 Å². The van der Waals surface area contributed by atoms with Crippen LogP contribution in [0, 0.1) is 0 Å². The van der Waals surface area contributed by atoms with Gasteiger partial charge in [-0.15, -0.1) is 0 Å². The maximum absolute atomic E-state index is 12.4. The molecule has 1 heterocycles. The van der Waals surface area contributed by atoms with Crippen molar-refractivity contribution in [1.82, 2.24) is 9.78 Å². The molecule has 0 aliphatic heterocycles. The first-order chi connectivity index (χ1) is 7.20. The van der Waals surface area contributed by atoms with Gasteiger partial charge in [0.25, 0.3) is 0 Å². The summed E-state index contributed by atoms with van der Waals surface area (Å²) in [5.74, 6) is 0.176. The first kappa shape index (κ1) is 12.7. The Labute approximate surface area is 91.8 Å². The van der Waals surface area contributed by atoms with Gasteiger partial charge in [0.2, 0.25) is 0 Å². The zero-order valence-electron chi connectivity index (χ0n) is 9.41. The lowest BCUT2D eigenvalue weighted by atomic mass is 10.3. The van der Waals surface area contributed by atoms with Crippen molar-refractivity contribution in [3.8, 4) is 0 Å². The molecule has 7 heteroatoms. The highest BCUT2D eigenvalue weighted by molar-refractivity contribution is 5.62. The summed E-state index contributed by atoms with van der Waals surface area (Å²) in [5.41, 5.74) is 5.86. The molecular weight excluding hydrogens is 221 g/mol. The highest BCUT2D eigenvalue weighted by Crippen LogP contribution is 2.26. The molecule has 0 spiro atoms. The van der Waals surface area contributed by atoms with E-state index in [1.807, 2.05) is 0 Å². The Morgan fingerprint density at radius 1 is 1.50 bits per heavy atom. The molecule has 1 aromatic rings. The quantitative estimate of drug-likeness (QED) is 0.870. The lowest BCUT2D eigenvalue weighted by molar-refractivity contribution is -0.120. The Balaban J connectivity index is 2.99. The number of nitrogens with zero attached hydrogens (tertiary/aromatic N) is 3. The Kier molecular flexibility index (Phi) is 3.35. The fourth-order valence-electron chi connectivity index (χ4n) is 1.41. The van der Waals surface area contributed by atoms with Crippen LogP contribution in [0.1, 0.15) is 13.8 Å². The minimum absolute atomic E-state index is 0.176. The molecule has 0 atom stereocenters. The van der Waals surface area contributed by atoms with E-state index in [0.717, 1.165) is 4.90 Å². The first-order valence-electron chi connectivity index (χ1n) is 4.83. The summed E-state index contributed by atoms with van der Waals surface area (Å²) < 4.78 is 38.5. The van der Waals surface area contributed by atoms with Crippen LogP contribution in [0.3, 0.4) is 0 Å². The Bertz CT molecular complexity index is 356. The van der Waals surface area contributed by atoms with Gasteiger partial charge in [0.1, 0.15) is 6.54 Å². The maximum Gasteiger partial charge on any atom is 0.405 e. The molecule has 0 aromatic carbocycles. The van der Waals surface area contributed by atoms with Crippen molar-refractivity contribution >= 4 is 11.5 Å². The summed E-state index contributed by atoms with van der Waals surface area (Å²) >= 11 is 0.